The van der Waals surface area contributed by atoms with E-state index in [9.17, 15) is 14.0 Å². The molecule has 1 saturated carbocycles. The first-order chi connectivity index (χ1) is 14.1. The van der Waals surface area contributed by atoms with Crippen molar-refractivity contribution in [2.45, 2.75) is 43.5 Å². The average Bonchev–Trinajstić information content (AvgIpc) is 3.21. The molecule has 1 aliphatic carbocycles. The maximum atomic E-state index is 14.0. The summed E-state index contributed by atoms with van der Waals surface area (Å²) in [5.74, 6) is -0.00554. The molecule has 1 heterocycles. The summed E-state index contributed by atoms with van der Waals surface area (Å²) in [6, 6.07) is 14.6. The molecule has 2 amide bonds. The molecule has 2 aromatic rings. The monoisotopic (exact) mass is 412 g/mol. The molecule has 29 heavy (non-hydrogen) atoms. The van der Waals surface area contributed by atoms with Gasteiger partial charge in [0.15, 0.2) is 0 Å². The van der Waals surface area contributed by atoms with E-state index in [2.05, 4.69) is 5.32 Å². The number of nitrogens with zero attached hydrogens (tertiary/aromatic N) is 1. The topological polar surface area (TPSA) is 49.4 Å². The third-order valence-corrected chi connectivity index (χ3v) is 7.24. The first kappa shape index (κ1) is 20.0. The number of rotatable bonds is 4. The van der Waals surface area contributed by atoms with Crippen molar-refractivity contribution in [3.63, 3.8) is 0 Å². The molecule has 1 aliphatic heterocycles. The van der Waals surface area contributed by atoms with Gasteiger partial charge in [-0.3, -0.25) is 9.59 Å². The average molecular weight is 413 g/mol. The number of benzene rings is 2. The first-order valence-corrected chi connectivity index (χ1v) is 11.2. The second-order valence-corrected chi connectivity index (χ2v) is 8.83. The molecule has 2 fully saturated rings. The summed E-state index contributed by atoms with van der Waals surface area (Å²) in [6.07, 6.45) is 5.73. The third kappa shape index (κ3) is 4.32. The van der Waals surface area contributed by atoms with E-state index in [-0.39, 0.29) is 22.9 Å². The minimum absolute atomic E-state index is 0.0145. The fourth-order valence-corrected chi connectivity index (χ4v) is 5.92. The van der Waals surface area contributed by atoms with Crippen LogP contribution in [0.1, 0.15) is 42.5 Å². The van der Waals surface area contributed by atoms with Crippen molar-refractivity contribution in [2.75, 3.05) is 11.1 Å². The fourth-order valence-electron chi connectivity index (χ4n) is 4.28. The van der Waals surface area contributed by atoms with Crippen molar-refractivity contribution >= 4 is 29.3 Å². The number of carbonyl (C=O) groups is 2. The SMILES string of the molecule is O=C(Nc1ccccc1F)[C@H]1CS[C@@H](C2CCCCC2)N1C(=O)c1ccccc1. The minimum Gasteiger partial charge on any atom is -0.322 e. The summed E-state index contributed by atoms with van der Waals surface area (Å²) in [4.78, 5) is 28.2. The molecule has 1 N–H and O–H groups in total. The zero-order chi connectivity index (χ0) is 20.2. The lowest BCUT2D eigenvalue weighted by molar-refractivity contribution is -0.120. The van der Waals surface area contributed by atoms with E-state index < -0.39 is 11.9 Å². The van der Waals surface area contributed by atoms with Crippen LogP contribution in [0.5, 0.6) is 0 Å². The molecule has 0 unspecified atom stereocenters. The number of nitrogens with one attached hydrogen (secondary N) is 1. The van der Waals surface area contributed by atoms with E-state index in [4.69, 9.17) is 0 Å². The van der Waals surface area contributed by atoms with E-state index in [0.29, 0.717) is 17.2 Å². The van der Waals surface area contributed by atoms with Crippen molar-refractivity contribution in [3.8, 4) is 0 Å². The Morgan fingerprint density at radius 2 is 1.66 bits per heavy atom. The summed E-state index contributed by atoms with van der Waals surface area (Å²) in [5, 5.41) is 2.68. The zero-order valence-corrected chi connectivity index (χ0v) is 17.0. The molecular formula is C23H25FN2O2S. The minimum atomic E-state index is -0.612. The third-order valence-electron chi connectivity index (χ3n) is 5.78. The van der Waals surface area contributed by atoms with Crippen molar-refractivity contribution in [1.29, 1.82) is 0 Å². The molecule has 2 atom stereocenters. The van der Waals surface area contributed by atoms with Gasteiger partial charge in [0.2, 0.25) is 5.91 Å². The molecule has 152 valence electrons. The number of hydrogen-bond donors (Lipinski definition) is 1. The van der Waals surface area contributed by atoms with Crippen molar-refractivity contribution in [2.24, 2.45) is 5.92 Å². The smallest absolute Gasteiger partial charge is 0.255 e. The Morgan fingerprint density at radius 1 is 0.966 bits per heavy atom. The number of thioether (sulfide) groups is 1. The Bertz CT molecular complexity index is 870. The number of hydrogen-bond acceptors (Lipinski definition) is 3. The van der Waals surface area contributed by atoms with Crippen LogP contribution < -0.4 is 5.32 Å². The van der Waals surface area contributed by atoms with Gasteiger partial charge in [0, 0.05) is 11.3 Å². The van der Waals surface area contributed by atoms with Crippen LogP contribution >= 0.6 is 11.8 Å². The maximum Gasteiger partial charge on any atom is 0.255 e. The van der Waals surface area contributed by atoms with E-state index in [1.807, 2.05) is 18.2 Å². The summed E-state index contributed by atoms with van der Waals surface area (Å²) >= 11 is 1.68. The van der Waals surface area contributed by atoms with Gasteiger partial charge < -0.3 is 10.2 Å². The second-order valence-electron chi connectivity index (χ2n) is 7.69. The van der Waals surface area contributed by atoms with Gasteiger partial charge >= 0.3 is 0 Å². The van der Waals surface area contributed by atoms with Gasteiger partial charge in [-0.05, 0) is 43.0 Å². The predicted molar refractivity (Wildman–Crippen MR) is 114 cm³/mol. The predicted octanol–water partition coefficient (Wildman–Crippen LogP) is 4.93. The number of halogens is 1. The molecule has 6 heteroatoms. The van der Waals surface area contributed by atoms with Gasteiger partial charge in [-0.25, -0.2) is 4.39 Å². The fraction of sp³-hybridized carbons (Fsp3) is 0.391. The van der Waals surface area contributed by atoms with Crippen molar-refractivity contribution in [3.05, 3.63) is 66.0 Å². The van der Waals surface area contributed by atoms with E-state index in [1.165, 1.54) is 31.4 Å². The number of anilines is 1. The van der Waals surface area contributed by atoms with Crippen LogP contribution in [0.3, 0.4) is 0 Å². The number of carbonyl (C=O) groups excluding carboxylic acids is 2. The summed E-state index contributed by atoms with van der Waals surface area (Å²) in [6.45, 7) is 0. The number of para-hydroxylation sites is 1. The largest absolute Gasteiger partial charge is 0.322 e. The van der Waals surface area contributed by atoms with Gasteiger partial charge in [-0.15, -0.1) is 11.8 Å². The Labute approximate surface area is 174 Å². The van der Waals surface area contributed by atoms with Crippen molar-refractivity contribution in [1.82, 2.24) is 4.90 Å². The molecule has 0 radical (unpaired) electrons. The maximum absolute atomic E-state index is 14.0. The highest BCUT2D eigenvalue weighted by Crippen LogP contribution is 2.41. The molecule has 2 aromatic carbocycles. The van der Waals surface area contributed by atoms with E-state index in [0.717, 1.165) is 12.8 Å². The van der Waals surface area contributed by atoms with Crippen LogP contribution in [-0.2, 0) is 4.79 Å². The zero-order valence-electron chi connectivity index (χ0n) is 16.2. The Balaban J connectivity index is 1.60. The Kier molecular flexibility index (Phi) is 6.19. The lowest BCUT2D eigenvalue weighted by atomic mass is 9.88. The van der Waals surface area contributed by atoms with Crippen LogP contribution in [0, 0.1) is 11.7 Å². The van der Waals surface area contributed by atoms with Gasteiger partial charge in [0.1, 0.15) is 11.9 Å². The highest BCUT2D eigenvalue weighted by molar-refractivity contribution is 8.00. The van der Waals surface area contributed by atoms with Gasteiger partial charge in [-0.2, -0.15) is 0 Å². The van der Waals surface area contributed by atoms with Gasteiger partial charge in [0.05, 0.1) is 11.1 Å². The van der Waals surface area contributed by atoms with Gasteiger partial charge in [-0.1, -0.05) is 49.6 Å². The van der Waals surface area contributed by atoms with Crippen molar-refractivity contribution < 1.29 is 14.0 Å². The molecule has 1 saturated heterocycles. The van der Waals surface area contributed by atoms with Gasteiger partial charge in [0.25, 0.3) is 5.91 Å². The highest BCUT2D eigenvalue weighted by atomic mass is 32.2. The normalized spacial score (nSPS) is 22.4. The highest BCUT2D eigenvalue weighted by Gasteiger charge is 2.45. The molecule has 2 aliphatic rings. The molecule has 0 aromatic heterocycles. The lowest BCUT2D eigenvalue weighted by Crippen LogP contribution is -2.49. The number of amides is 2. The summed E-state index contributed by atoms with van der Waals surface area (Å²) in [5.41, 5.74) is 0.732. The van der Waals surface area contributed by atoms with Crippen LogP contribution in [0.25, 0.3) is 0 Å². The molecule has 4 rings (SSSR count). The Morgan fingerprint density at radius 3 is 2.38 bits per heavy atom. The molecular weight excluding hydrogens is 387 g/mol. The van der Waals surface area contributed by atoms with E-state index >= 15 is 0 Å². The lowest BCUT2D eigenvalue weighted by Gasteiger charge is -2.35. The summed E-state index contributed by atoms with van der Waals surface area (Å²) in [7, 11) is 0. The molecule has 0 bridgehead atoms. The van der Waals surface area contributed by atoms with Crippen LogP contribution in [0.2, 0.25) is 0 Å². The molecule has 0 spiro atoms. The Hall–Kier alpha value is -2.34. The second kappa shape index (κ2) is 8.99. The van der Waals surface area contributed by atoms with Crippen LogP contribution in [0.15, 0.2) is 54.6 Å². The van der Waals surface area contributed by atoms with Crippen LogP contribution in [-0.4, -0.2) is 33.9 Å². The molecule has 4 nitrogen and oxygen atoms in total. The van der Waals surface area contributed by atoms with E-state index in [1.54, 1.807) is 40.9 Å². The van der Waals surface area contributed by atoms with Crippen LogP contribution in [0.4, 0.5) is 10.1 Å². The standard InChI is InChI=1S/C23H25FN2O2S/c24-18-13-7-8-14-19(18)25-21(27)20-15-29-23(17-11-5-2-6-12-17)26(20)22(28)16-9-3-1-4-10-16/h1,3-4,7-10,13-14,17,20,23H,2,5-6,11-12,15H2,(H,25,27)/t20-,23+/m1/s1. The first-order valence-electron chi connectivity index (χ1n) is 10.2. The quantitative estimate of drug-likeness (QED) is 0.775. The summed E-state index contributed by atoms with van der Waals surface area (Å²) < 4.78 is 14.0.